The van der Waals surface area contributed by atoms with Crippen molar-refractivity contribution >= 4 is 11.9 Å². The lowest BCUT2D eigenvalue weighted by Gasteiger charge is -2.42. The van der Waals surface area contributed by atoms with Gasteiger partial charge in [0.1, 0.15) is 5.60 Å². The molecular weight excluding hydrogens is 306 g/mol. The lowest BCUT2D eigenvalue weighted by molar-refractivity contribution is -0.156. The molecule has 0 aromatic heterocycles. The zero-order valence-corrected chi connectivity index (χ0v) is 14.1. The molecule has 24 heavy (non-hydrogen) atoms. The van der Waals surface area contributed by atoms with Crippen molar-refractivity contribution in [2.75, 3.05) is 19.7 Å². The smallest absolute Gasteiger partial charge is 0.306 e. The fraction of sp³-hybridized carbons (Fsp3) is 0.579. The molecule has 1 aromatic rings. The van der Waals surface area contributed by atoms with E-state index in [1.165, 1.54) is 0 Å². The van der Waals surface area contributed by atoms with E-state index in [0.29, 0.717) is 32.5 Å². The minimum absolute atomic E-state index is 0.0893. The van der Waals surface area contributed by atoms with Gasteiger partial charge >= 0.3 is 5.97 Å². The molecule has 5 nitrogen and oxygen atoms in total. The molecule has 2 fully saturated rings. The van der Waals surface area contributed by atoms with Crippen LogP contribution in [-0.2, 0) is 19.9 Å². The number of hydrogen-bond acceptors (Lipinski definition) is 3. The van der Waals surface area contributed by atoms with Crippen molar-refractivity contribution < 1.29 is 19.4 Å². The number of ether oxygens (including phenoxy) is 1. The molecule has 1 aliphatic heterocycles. The van der Waals surface area contributed by atoms with Crippen LogP contribution >= 0.6 is 0 Å². The van der Waals surface area contributed by atoms with E-state index in [1.807, 2.05) is 42.2 Å². The highest BCUT2D eigenvalue weighted by molar-refractivity contribution is 5.80. The van der Waals surface area contributed by atoms with Crippen molar-refractivity contribution in [1.82, 2.24) is 4.90 Å². The highest BCUT2D eigenvalue weighted by Crippen LogP contribution is 2.34. The lowest BCUT2D eigenvalue weighted by Crippen LogP contribution is -2.52. The number of hydrogen-bond donors (Lipinski definition) is 1. The molecule has 1 N–H and O–H groups in total. The number of nitrogens with zero attached hydrogens (tertiary/aromatic N) is 1. The molecule has 1 saturated heterocycles. The minimum Gasteiger partial charge on any atom is -0.481 e. The number of benzene rings is 1. The Bertz CT molecular complexity index is 603. The second kappa shape index (κ2) is 6.93. The maximum atomic E-state index is 12.9. The third-order valence-corrected chi connectivity index (χ3v) is 5.34. The fourth-order valence-corrected chi connectivity index (χ4v) is 3.92. The van der Waals surface area contributed by atoms with Gasteiger partial charge in [0.15, 0.2) is 0 Å². The molecule has 1 heterocycles. The second-order valence-electron chi connectivity index (χ2n) is 7.10. The number of amides is 1. The van der Waals surface area contributed by atoms with Gasteiger partial charge in [-0.3, -0.25) is 9.59 Å². The summed E-state index contributed by atoms with van der Waals surface area (Å²) in [5.41, 5.74) is 0.560. The molecule has 1 saturated carbocycles. The topological polar surface area (TPSA) is 66.8 Å². The Kier molecular flexibility index (Phi) is 4.90. The minimum atomic E-state index is -0.774. The van der Waals surface area contributed by atoms with Crippen molar-refractivity contribution in [2.45, 2.75) is 38.2 Å². The van der Waals surface area contributed by atoms with E-state index >= 15 is 0 Å². The Labute approximate surface area is 142 Å². The van der Waals surface area contributed by atoms with Crippen molar-refractivity contribution in [3.05, 3.63) is 35.9 Å². The molecule has 130 valence electrons. The quantitative estimate of drug-likeness (QED) is 0.925. The maximum absolute atomic E-state index is 12.9. The van der Waals surface area contributed by atoms with Crippen molar-refractivity contribution in [3.8, 4) is 0 Å². The zero-order chi connectivity index (χ0) is 17.2. The Morgan fingerprint density at radius 1 is 1.21 bits per heavy atom. The third kappa shape index (κ3) is 3.46. The van der Waals surface area contributed by atoms with E-state index in [1.54, 1.807) is 0 Å². The van der Waals surface area contributed by atoms with Crippen molar-refractivity contribution in [3.63, 3.8) is 0 Å². The maximum Gasteiger partial charge on any atom is 0.306 e. The van der Waals surface area contributed by atoms with Crippen molar-refractivity contribution in [2.24, 2.45) is 11.8 Å². The number of carbonyl (C=O) groups is 2. The standard InChI is InChI=1S/C19H25NO4/c1-19(16-8-3-2-4-9-16)13-20(10-11-24-19)17(21)14-6-5-7-15(12-14)18(22)23/h2-4,8-9,14-15H,5-7,10-13H2,1H3,(H,22,23)/t14-,15+,19?/m1/s1. The molecule has 1 aliphatic carbocycles. The molecule has 3 atom stereocenters. The SMILES string of the molecule is CC1(c2ccccc2)CN(C(=O)[C@@H]2CCC[C@H](C(=O)O)C2)CCO1. The van der Waals surface area contributed by atoms with Gasteiger partial charge in [-0.1, -0.05) is 36.8 Å². The van der Waals surface area contributed by atoms with Crippen LogP contribution in [0.3, 0.4) is 0 Å². The predicted molar refractivity (Wildman–Crippen MR) is 89.4 cm³/mol. The first-order chi connectivity index (χ1) is 11.5. The molecule has 1 unspecified atom stereocenters. The van der Waals surface area contributed by atoms with Crippen molar-refractivity contribution in [1.29, 1.82) is 0 Å². The third-order valence-electron chi connectivity index (χ3n) is 5.34. The molecule has 0 bridgehead atoms. The summed E-state index contributed by atoms with van der Waals surface area (Å²) in [4.78, 5) is 26.0. The van der Waals surface area contributed by atoms with Crippen LogP contribution in [-0.4, -0.2) is 41.6 Å². The van der Waals surface area contributed by atoms with Crippen LogP contribution < -0.4 is 0 Å². The Balaban J connectivity index is 1.70. The van der Waals surface area contributed by atoms with Crippen LogP contribution in [0.4, 0.5) is 0 Å². The summed E-state index contributed by atoms with van der Waals surface area (Å²) < 4.78 is 5.99. The first-order valence-corrected chi connectivity index (χ1v) is 8.71. The number of morpholine rings is 1. The molecule has 5 heteroatoms. The number of aliphatic carboxylic acids is 1. The monoisotopic (exact) mass is 331 g/mol. The highest BCUT2D eigenvalue weighted by Gasteiger charge is 2.39. The van der Waals surface area contributed by atoms with E-state index in [9.17, 15) is 14.7 Å². The van der Waals surface area contributed by atoms with Gasteiger partial charge in [-0.2, -0.15) is 0 Å². The van der Waals surface area contributed by atoms with E-state index in [-0.39, 0.29) is 17.7 Å². The largest absolute Gasteiger partial charge is 0.481 e. The summed E-state index contributed by atoms with van der Waals surface area (Å²) in [6, 6.07) is 9.96. The zero-order valence-electron chi connectivity index (χ0n) is 14.1. The molecular formula is C19H25NO4. The van der Waals surface area contributed by atoms with Gasteiger partial charge in [0, 0.05) is 12.5 Å². The lowest BCUT2D eigenvalue weighted by atomic mass is 9.80. The number of carboxylic acids is 1. The van der Waals surface area contributed by atoms with Crippen LogP contribution in [0, 0.1) is 11.8 Å². The van der Waals surface area contributed by atoms with Gasteiger partial charge in [0.25, 0.3) is 0 Å². The van der Waals surface area contributed by atoms with Crippen LogP contribution in [0.2, 0.25) is 0 Å². The van der Waals surface area contributed by atoms with Gasteiger partial charge < -0.3 is 14.7 Å². The average Bonchev–Trinajstić information content (AvgIpc) is 2.62. The van der Waals surface area contributed by atoms with Gasteiger partial charge in [0.05, 0.1) is 19.1 Å². The number of carbonyl (C=O) groups excluding carboxylic acids is 1. The van der Waals surface area contributed by atoms with Crippen LogP contribution in [0.5, 0.6) is 0 Å². The van der Waals surface area contributed by atoms with E-state index in [2.05, 4.69) is 0 Å². The Morgan fingerprint density at radius 3 is 2.62 bits per heavy atom. The van der Waals surface area contributed by atoms with Crippen LogP contribution in [0.25, 0.3) is 0 Å². The predicted octanol–water partition coefficient (Wildman–Crippen LogP) is 2.65. The molecule has 1 amide bonds. The van der Waals surface area contributed by atoms with Crippen LogP contribution in [0.1, 0.15) is 38.2 Å². The molecule has 3 rings (SSSR count). The summed E-state index contributed by atoms with van der Waals surface area (Å²) in [7, 11) is 0. The molecule has 0 spiro atoms. The van der Waals surface area contributed by atoms with Gasteiger partial charge in [0.2, 0.25) is 5.91 Å². The Morgan fingerprint density at radius 2 is 1.92 bits per heavy atom. The van der Waals surface area contributed by atoms with Gasteiger partial charge in [-0.25, -0.2) is 0 Å². The van der Waals surface area contributed by atoms with E-state index in [0.717, 1.165) is 18.4 Å². The van der Waals surface area contributed by atoms with Gasteiger partial charge in [-0.05, 0) is 31.7 Å². The summed E-state index contributed by atoms with van der Waals surface area (Å²) in [5.74, 6) is -1.23. The van der Waals surface area contributed by atoms with Gasteiger partial charge in [-0.15, -0.1) is 0 Å². The first-order valence-electron chi connectivity index (χ1n) is 8.71. The molecule has 0 radical (unpaired) electrons. The molecule has 2 aliphatic rings. The van der Waals surface area contributed by atoms with Crippen LogP contribution in [0.15, 0.2) is 30.3 Å². The summed E-state index contributed by atoms with van der Waals surface area (Å²) in [5, 5.41) is 9.23. The Hall–Kier alpha value is -1.88. The summed E-state index contributed by atoms with van der Waals surface area (Å²) in [6.45, 7) is 3.62. The van der Waals surface area contributed by atoms with E-state index in [4.69, 9.17) is 4.74 Å². The normalized spacial score (nSPS) is 30.8. The second-order valence-corrected chi connectivity index (χ2v) is 7.10. The number of rotatable bonds is 3. The number of carboxylic acid groups (broad SMARTS) is 1. The molecule has 1 aromatic carbocycles. The van der Waals surface area contributed by atoms with E-state index < -0.39 is 11.6 Å². The summed E-state index contributed by atoms with van der Waals surface area (Å²) >= 11 is 0. The average molecular weight is 331 g/mol. The first kappa shape index (κ1) is 17.0. The fourth-order valence-electron chi connectivity index (χ4n) is 3.92. The summed E-state index contributed by atoms with van der Waals surface area (Å²) in [6.07, 6.45) is 2.76. The highest BCUT2D eigenvalue weighted by atomic mass is 16.5.